The van der Waals surface area contributed by atoms with Crippen molar-refractivity contribution >= 4 is 17.4 Å². The maximum atomic E-state index is 12.7. The number of rotatable bonds is 4. The van der Waals surface area contributed by atoms with Gasteiger partial charge in [-0.3, -0.25) is 0 Å². The number of nitrogens with zero attached hydrogens (tertiary/aromatic N) is 1. The minimum absolute atomic E-state index is 0.113. The Kier molecular flexibility index (Phi) is 4.88. The van der Waals surface area contributed by atoms with Crippen LogP contribution < -0.4 is 10.5 Å². The first kappa shape index (κ1) is 15.4. The first-order chi connectivity index (χ1) is 8.75. The summed E-state index contributed by atoms with van der Waals surface area (Å²) in [4.78, 5) is 0. The van der Waals surface area contributed by atoms with Crippen molar-refractivity contribution in [1.29, 1.82) is 0 Å². The van der Waals surface area contributed by atoms with Crippen molar-refractivity contribution in [3.05, 3.63) is 28.8 Å². The van der Waals surface area contributed by atoms with Gasteiger partial charge in [0.25, 0.3) is 0 Å². The molecule has 8 heteroatoms. The number of oxime groups is 1. The molecule has 1 atom stereocenters. The Bertz CT molecular complexity index is 477. The lowest BCUT2D eigenvalue weighted by molar-refractivity contribution is -0.162. The first-order valence-corrected chi connectivity index (χ1v) is 5.56. The Morgan fingerprint density at radius 3 is 2.68 bits per heavy atom. The van der Waals surface area contributed by atoms with Gasteiger partial charge in [0.2, 0.25) is 0 Å². The van der Waals surface area contributed by atoms with E-state index in [0.717, 1.165) is 5.56 Å². The van der Waals surface area contributed by atoms with Gasteiger partial charge in [0.05, 0.1) is 5.02 Å². The average molecular weight is 297 g/mol. The number of amidine groups is 1. The van der Waals surface area contributed by atoms with E-state index in [1.807, 2.05) is 0 Å². The largest absolute Gasteiger partial charge is 0.491 e. The van der Waals surface area contributed by atoms with Gasteiger partial charge in [-0.05, 0) is 24.6 Å². The molecule has 1 rings (SSSR count). The molecule has 0 amide bonds. The van der Waals surface area contributed by atoms with Crippen molar-refractivity contribution < 1.29 is 23.1 Å². The molecule has 19 heavy (non-hydrogen) atoms. The van der Waals surface area contributed by atoms with Crippen molar-refractivity contribution in [2.24, 2.45) is 16.8 Å². The van der Waals surface area contributed by atoms with Gasteiger partial charge in [0.15, 0.2) is 5.84 Å². The number of benzene rings is 1. The SMILES string of the molecule is Cc1ccc(Cl)c(OCC(/C(N)=N/O)C(F)(F)F)c1. The molecule has 1 unspecified atom stereocenters. The average Bonchev–Trinajstić information content (AvgIpc) is 2.31. The van der Waals surface area contributed by atoms with E-state index in [9.17, 15) is 13.2 Å². The smallest absolute Gasteiger partial charge is 0.402 e. The molecule has 0 spiro atoms. The van der Waals surface area contributed by atoms with Crippen LogP contribution >= 0.6 is 11.6 Å². The second-order valence-corrected chi connectivity index (χ2v) is 4.27. The summed E-state index contributed by atoms with van der Waals surface area (Å²) in [5, 5.41) is 10.9. The van der Waals surface area contributed by atoms with Gasteiger partial charge in [-0.1, -0.05) is 22.8 Å². The summed E-state index contributed by atoms with van der Waals surface area (Å²) in [5.74, 6) is -3.05. The van der Waals surface area contributed by atoms with Gasteiger partial charge >= 0.3 is 6.18 Å². The Balaban J connectivity index is 2.85. The van der Waals surface area contributed by atoms with Crippen molar-refractivity contribution in [2.45, 2.75) is 13.1 Å². The molecule has 0 bridgehead atoms. The number of hydrogen-bond acceptors (Lipinski definition) is 3. The van der Waals surface area contributed by atoms with E-state index in [4.69, 9.17) is 27.3 Å². The minimum atomic E-state index is -4.67. The Hall–Kier alpha value is -1.63. The van der Waals surface area contributed by atoms with Crippen LogP contribution in [-0.4, -0.2) is 23.8 Å². The van der Waals surface area contributed by atoms with Crippen LogP contribution in [0.5, 0.6) is 5.75 Å². The van der Waals surface area contributed by atoms with Crippen LogP contribution in [-0.2, 0) is 0 Å². The maximum absolute atomic E-state index is 12.7. The van der Waals surface area contributed by atoms with Gasteiger partial charge in [-0.2, -0.15) is 13.2 Å². The number of hydrogen-bond donors (Lipinski definition) is 2. The quantitative estimate of drug-likeness (QED) is 0.388. The Morgan fingerprint density at radius 2 is 2.16 bits per heavy atom. The van der Waals surface area contributed by atoms with Gasteiger partial charge < -0.3 is 15.7 Å². The molecular formula is C11H12ClF3N2O2. The molecule has 0 saturated heterocycles. The highest BCUT2D eigenvalue weighted by Crippen LogP contribution is 2.30. The van der Waals surface area contributed by atoms with Crippen LogP contribution in [0.2, 0.25) is 5.02 Å². The van der Waals surface area contributed by atoms with Crippen molar-refractivity contribution in [2.75, 3.05) is 6.61 Å². The maximum Gasteiger partial charge on any atom is 0.402 e. The van der Waals surface area contributed by atoms with Crippen LogP contribution in [0.25, 0.3) is 0 Å². The zero-order chi connectivity index (χ0) is 14.6. The van der Waals surface area contributed by atoms with Crippen molar-refractivity contribution in [3.63, 3.8) is 0 Å². The van der Waals surface area contributed by atoms with Gasteiger partial charge in [-0.25, -0.2) is 0 Å². The lowest BCUT2D eigenvalue weighted by atomic mass is 10.1. The number of ether oxygens (including phenoxy) is 1. The Labute approximate surface area is 112 Å². The summed E-state index contributed by atoms with van der Waals surface area (Å²) in [6.07, 6.45) is -4.67. The summed E-state index contributed by atoms with van der Waals surface area (Å²) in [7, 11) is 0. The minimum Gasteiger partial charge on any atom is -0.491 e. The van der Waals surface area contributed by atoms with Crippen LogP contribution in [0.1, 0.15) is 5.56 Å². The van der Waals surface area contributed by atoms with Gasteiger partial charge in [0, 0.05) is 0 Å². The van der Waals surface area contributed by atoms with E-state index >= 15 is 0 Å². The van der Waals surface area contributed by atoms with E-state index in [0.29, 0.717) is 0 Å². The summed E-state index contributed by atoms with van der Waals surface area (Å²) in [6.45, 7) is 0.927. The van der Waals surface area contributed by atoms with E-state index in [1.165, 1.54) is 12.1 Å². The molecule has 1 aromatic rings. The molecule has 1 aromatic carbocycles. The third kappa shape index (κ3) is 4.20. The van der Waals surface area contributed by atoms with Crippen molar-refractivity contribution in [3.8, 4) is 5.75 Å². The summed E-state index contributed by atoms with van der Waals surface area (Å²) in [6, 6.07) is 4.71. The van der Waals surface area contributed by atoms with E-state index < -0.39 is 24.5 Å². The molecule has 4 nitrogen and oxygen atoms in total. The van der Waals surface area contributed by atoms with Crippen molar-refractivity contribution in [1.82, 2.24) is 0 Å². The third-order valence-corrected chi connectivity index (χ3v) is 2.67. The molecule has 0 aliphatic carbocycles. The van der Waals surface area contributed by atoms with E-state index in [2.05, 4.69) is 5.16 Å². The molecule has 3 N–H and O–H groups in total. The van der Waals surface area contributed by atoms with Crippen LogP contribution in [0.15, 0.2) is 23.4 Å². The van der Waals surface area contributed by atoms with Crippen LogP contribution in [0.4, 0.5) is 13.2 Å². The lowest BCUT2D eigenvalue weighted by Crippen LogP contribution is -2.40. The molecule has 0 radical (unpaired) electrons. The standard InChI is InChI=1S/C11H12ClF3N2O2/c1-6-2-3-8(12)9(4-6)19-5-7(10(16)17-18)11(13,14)15/h2-4,7,18H,5H2,1H3,(H2,16,17). The number of aryl methyl sites for hydroxylation is 1. The molecule has 106 valence electrons. The zero-order valence-electron chi connectivity index (χ0n) is 9.91. The fourth-order valence-electron chi connectivity index (χ4n) is 1.31. The van der Waals surface area contributed by atoms with Gasteiger partial charge in [-0.15, -0.1) is 0 Å². The van der Waals surface area contributed by atoms with Gasteiger partial charge in [0.1, 0.15) is 18.3 Å². The zero-order valence-corrected chi connectivity index (χ0v) is 10.7. The fourth-order valence-corrected chi connectivity index (χ4v) is 1.48. The topological polar surface area (TPSA) is 67.8 Å². The summed E-state index contributed by atoms with van der Waals surface area (Å²) >= 11 is 5.79. The Morgan fingerprint density at radius 1 is 1.53 bits per heavy atom. The van der Waals surface area contributed by atoms with Crippen LogP contribution in [0, 0.1) is 12.8 Å². The number of halogens is 4. The molecule has 0 aromatic heterocycles. The molecule has 0 aliphatic rings. The number of alkyl halides is 3. The molecular weight excluding hydrogens is 285 g/mol. The highest BCUT2D eigenvalue weighted by molar-refractivity contribution is 6.32. The highest BCUT2D eigenvalue weighted by Gasteiger charge is 2.43. The summed E-state index contributed by atoms with van der Waals surface area (Å²) < 4.78 is 43.0. The molecule has 0 fully saturated rings. The molecule has 0 heterocycles. The highest BCUT2D eigenvalue weighted by atomic mass is 35.5. The predicted molar refractivity (Wildman–Crippen MR) is 64.6 cm³/mol. The second kappa shape index (κ2) is 6.01. The monoisotopic (exact) mass is 296 g/mol. The first-order valence-electron chi connectivity index (χ1n) is 5.18. The predicted octanol–water partition coefficient (Wildman–Crippen LogP) is 2.95. The molecule has 0 saturated carbocycles. The normalized spacial score (nSPS) is 14.3. The summed E-state index contributed by atoms with van der Waals surface area (Å²) in [5.41, 5.74) is 5.79. The fraction of sp³-hybridized carbons (Fsp3) is 0.364. The number of nitrogens with two attached hydrogens (primary N) is 1. The van der Waals surface area contributed by atoms with E-state index in [1.54, 1.807) is 13.0 Å². The second-order valence-electron chi connectivity index (χ2n) is 3.86. The molecule has 0 aliphatic heterocycles. The third-order valence-electron chi connectivity index (χ3n) is 2.36. The van der Waals surface area contributed by atoms with E-state index in [-0.39, 0.29) is 10.8 Å². The van der Waals surface area contributed by atoms with Crippen LogP contribution in [0.3, 0.4) is 0 Å². The lowest BCUT2D eigenvalue weighted by Gasteiger charge is -2.19.